The third kappa shape index (κ3) is 3.14. The number of aromatic nitrogens is 2. The van der Waals surface area contributed by atoms with Gasteiger partial charge in [0.1, 0.15) is 11.2 Å². The average molecular weight is 330 g/mol. The molecule has 8 heteroatoms. The van der Waals surface area contributed by atoms with E-state index < -0.39 is 0 Å². The zero-order chi connectivity index (χ0) is 14.8. The van der Waals surface area contributed by atoms with Crippen LogP contribution in [0.5, 0.6) is 0 Å². The number of rotatable bonds is 6. The first-order valence-corrected chi connectivity index (χ1v) is 8.73. The van der Waals surface area contributed by atoms with E-state index in [0.717, 1.165) is 17.8 Å². The van der Waals surface area contributed by atoms with E-state index in [0.29, 0.717) is 23.6 Å². The van der Waals surface area contributed by atoms with Crippen LogP contribution >= 0.6 is 22.9 Å². The van der Waals surface area contributed by atoms with Crippen molar-refractivity contribution in [2.45, 2.75) is 44.3 Å². The molecule has 21 heavy (non-hydrogen) atoms. The van der Waals surface area contributed by atoms with Gasteiger partial charge in [-0.3, -0.25) is 10.2 Å². The van der Waals surface area contributed by atoms with Crippen LogP contribution in [0, 0.1) is 0 Å². The summed E-state index contributed by atoms with van der Waals surface area (Å²) < 4.78 is 0. The molecular formula is C13H20ClN5OS. The topological polar surface area (TPSA) is 61.4 Å². The molecule has 1 N–H and O–H groups in total. The molecule has 0 spiro atoms. The predicted octanol–water partition coefficient (Wildman–Crippen LogP) is 2.05. The number of alkyl halides is 1. The molecule has 1 saturated carbocycles. The second-order valence-electron chi connectivity index (χ2n) is 5.61. The summed E-state index contributed by atoms with van der Waals surface area (Å²) in [6.45, 7) is 0.686. The largest absolute Gasteiger partial charge is 0.327 e. The van der Waals surface area contributed by atoms with E-state index in [1.165, 1.54) is 30.6 Å². The van der Waals surface area contributed by atoms with Crippen molar-refractivity contribution in [1.82, 2.24) is 20.4 Å². The summed E-state index contributed by atoms with van der Waals surface area (Å²) in [5.41, 5.74) is 0. The van der Waals surface area contributed by atoms with Gasteiger partial charge in [-0.05, 0) is 19.3 Å². The summed E-state index contributed by atoms with van der Waals surface area (Å²) in [6, 6.07) is 0.521. The lowest BCUT2D eigenvalue weighted by Crippen LogP contribution is -2.51. The lowest BCUT2D eigenvalue weighted by Gasteiger charge is -2.32. The molecule has 1 unspecified atom stereocenters. The van der Waals surface area contributed by atoms with Crippen molar-refractivity contribution in [1.29, 1.82) is 0 Å². The highest BCUT2D eigenvalue weighted by Crippen LogP contribution is 2.29. The molecule has 2 aliphatic rings. The van der Waals surface area contributed by atoms with Crippen LogP contribution in [0.3, 0.4) is 0 Å². The molecule has 1 aromatic rings. The van der Waals surface area contributed by atoms with Crippen molar-refractivity contribution < 1.29 is 4.79 Å². The number of aryl methyl sites for hydroxylation is 1. The number of urea groups is 1. The summed E-state index contributed by atoms with van der Waals surface area (Å²) in [7, 11) is 1.83. The molecule has 1 saturated heterocycles. The van der Waals surface area contributed by atoms with Crippen molar-refractivity contribution in [2.75, 3.05) is 24.4 Å². The molecule has 2 amide bonds. The normalized spacial score (nSPS) is 23.0. The van der Waals surface area contributed by atoms with Gasteiger partial charge in [-0.2, -0.15) is 0 Å². The Bertz CT molecular complexity index is 507. The number of carbonyl (C=O) groups is 1. The summed E-state index contributed by atoms with van der Waals surface area (Å²) in [5.74, 6) is 0.617. The highest BCUT2D eigenvalue weighted by molar-refractivity contribution is 7.15. The number of nitrogens with zero attached hydrogens (tertiary/aromatic N) is 4. The van der Waals surface area contributed by atoms with E-state index in [9.17, 15) is 4.79 Å². The van der Waals surface area contributed by atoms with Crippen LogP contribution in [-0.4, -0.2) is 52.8 Å². The maximum absolute atomic E-state index is 12.4. The Morgan fingerprint density at radius 3 is 2.90 bits per heavy atom. The smallest absolute Gasteiger partial charge is 0.324 e. The van der Waals surface area contributed by atoms with Crippen LogP contribution in [0.2, 0.25) is 0 Å². The number of halogens is 1. The number of hydrogen-bond acceptors (Lipinski definition) is 5. The van der Waals surface area contributed by atoms with Gasteiger partial charge in [-0.25, -0.2) is 4.79 Å². The fraction of sp³-hybridized carbons (Fsp3) is 0.769. The fourth-order valence-corrected chi connectivity index (χ4v) is 3.64. The number of amides is 2. The minimum atomic E-state index is -0.00753. The summed E-state index contributed by atoms with van der Waals surface area (Å²) in [4.78, 5) is 15.8. The van der Waals surface area contributed by atoms with Crippen molar-refractivity contribution in [3.8, 4) is 0 Å². The monoisotopic (exact) mass is 329 g/mol. The van der Waals surface area contributed by atoms with Crippen molar-refractivity contribution >= 4 is 34.1 Å². The first-order chi connectivity index (χ1) is 10.2. The molecule has 1 aliphatic heterocycles. The molecular weight excluding hydrogens is 310 g/mol. The summed E-state index contributed by atoms with van der Waals surface area (Å²) in [5, 5.41) is 13.6. The minimum Gasteiger partial charge on any atom is -0.324 e. The predicted molar refractivity (Wildman–Crippen MR) is 84.0 cm³/mol. The maximum atomic E-state index is 12.4. The number of likely N-dealkylation sites (N-methyl/N-ethyl adjacent to an activating group) is 1. The van der Waals surface area contributed by atoms with Gasteiger partial charge in [0.15, 0.2) is 0 Å². The van der Waals surface area contributed by atoms with Crippen LogP contribution in [0.4, 0.5) is 9.93 Å². The molecule has 1 aromatic heterocycles. The molecule has 6 nitrogen and oxygen atoms in total. The Morgan fingerprint density at radius 2 is 2.24 bits per heavy atom. The first kappa shape index (κ1) is 15.0. The lowest BCUT2D eigenvalue weighted by atomic mass is 9.93. The van der Waals surface area contributed by atoms with Crippen LogP contribution < -0.4 is 10.2 Å². The van der Waals surface area contributed by atoms with Crippen molar-refractivity contribution in [3.63, 3.8) is 0 Å². The van der Waals surface area contributed by atoms with Crippen molar-refractivity contribution in [3.05, 3.63) is 5.01 Å². The molecule has 1 aliphatic carbocycles. The van der Waals surface area contributed by atoms with Gasteiger partial charge in [-0.15, -0.1) is 21.8 Å². The van der Waals surface area contributed by atoms with Crippen LogP contribution in [-0.2, 0) is 6.42 Å². The standard InChI is InChI=1S/C13H20ClN5OS/c1-18-8-10(15-9-4-2-5-9)19(13(18)20)12-17-16-11(21-12)6-3-7-14/h9-10,15H,2-8H2,1H3. The van der Waals surface area contributed by atoms with Gasteiger partial charge in [0, 0.05) is 25.4 Å². The third-order valence-corrected chi connectivity index (χ3v) is 5.26. The van der Waals surface area contributed by atoms with Crippen LogP contribution in [0.15, 0.2) is 0 Å². The Hall–Kier alpha value is -0.920. The summed E-state index contributed by atoms with van der Waals surface area (Å²) >= 11 is 7.20. The number of hydrogen-bond donors (Lipinski definition) is 1. The molecule has 0 aromatic carbocycles. The van der Waals surface area contributed by atoms with E-state index in [2.05, 4.69) is 15.5 Å². The fourth-order valence-electron chi connectivity index (χ4n) is 2.59. The molecule has 0 bridgehead atoms. The molecule has 0 radical (unpaired) electrons. The second kappa shape index (κ2) is 6.46. The van der Waals surface area contributed by atoms with E-state index >= 15 is 0 Å². The van der Waals surface area contributed by atoms with E-state index in [1.807, 2.05) is 7.05 Å². The number of carbonyl (C=O) groups excluding carboxylic acids is 1. The summed E-state index contributed by atoms with van der Waals surface area (Å²) in [6.07, 6.45) is 5.36. The minimum absolute atomic E-state index is 0.00151. The van der Waals surface area contributed by atoms with E-state index in [1.54, 1.807) is 9.80 Å². The number of anilines is 1. The zero-order valence-electron chi connectivity index (χ0n) is 12.1. The highest BCUT2D eigenvalue weighted by atomic mass is 35.5. The van der Waals surface area contributed by atoms with Crippen LogP contribution in [0.1, 0.15) is 30.7 Å². The lowest BCUT2D eigenvalue weighted by molar-refractivity contribution is 0.229. The van der Waals surface area contributed by atoms with Gasteiger partial charge < -0.3 is 4.90 Å². The van der Waals surface area contributed by atoms with Gasteiger partial charge in [0.25, 0.3) is 0 Å². The average Bonchev–Trinajstić information content (AvgIpc) is 2.98. The Balaban J connectivity index is 1.72. The maximum Gasteiger partial charge on any atom is 0.327 e. The van der Waals surface area contributed by atoms with Crippen molar-refractivity contribution in [2.24, 2.45) is 0 Å². The quantitative estimate of drug-likeness (QED) is 0.811. The molecule has 3 rings (SSSR count). The number of nitrogens with one attached hydrogen (secondary N) is 1. The molecule has 2 fully saturated rings. The first-order valence-electron chi connectivity index (χ1n) is 7.37. The molecule has 116 valence electrons. The van der Waals surface area contributed by atoms with Gasteiger partial charge in [0.2, 0.25) is 5.13 Å². The van der Waals surface area contributed by atoms with Gasteiger partial charge in [0.05, 0.1) is 6.54 Å². The second-order valence-corrected chi connectivity index (χ2v) is 7.03. The SMILES string of the molecule is CN1CC(NC2CCC2)N(c2nnc(CCCCl)s2)C1=O. The molecule has 1 atom stereocenters. The Morgan fingerprint density at radius 1 is 1.43 bits per heavy atom. The Kier molecular flexibility index (Phi) is 4.61. The van der Waals surface area contributed by atoms with E-state index in [4.69, 9.17) is 11.6 Å². The Labute approximate surface area is 133 Å². The highest BCUT2D eigenvalue weighted by Gasteiger charge is 2.39. The van der Waals surface area contributed by atoms with Gasteiger partial charge >= 0.3 is 6.03 Å². The zero-order valence-corrected chi connectivity index (χ0v) is 13.7. The molecule has 2 heterocycles. The van der Waals surface area contributed by atoms with E-state index in [-0.39, 0.29) is 12.2 Å². The third-order valence-electron chi connectivity index (χ3n) is 4.01. The van der Waals surface area contributed by atoms with Gasteiger partial charge in [-0.1, -0.05) is 17.8 Å². The van der Waals surface area contributed by atoms with Crippen LogP contribution in [0.25, 0.3) is 0 Å².